The fraction of sp³-hybridized carbons (Fsp3) is 0.889. The van der Waals surface area contributed by atoms with Crippen molar-refractivity contribution in [3.8, 4) is 0 Å². The van der Waals surface area contributed by atoms with Crippen molar-refractivity contribution in [2.75, 3.05) is 32.9 Å². The van der Waals surface area contributed by atoms with E-state index in [1.807, 2.05) is 13.8 Å². The normalized spacial score (nSPS) is 20.6. The molecule has 0 aromatic carbocycles. The van der Waals surface area contributed by atoms with E-state index in [4.69, 9.17) is 14.6 Å². The molecule has 0 atom stereocenters. The number of aliphatic hydroxyl groups is 1. The van der Waals surface area contributed by atoms with Gasteiger partial charge in [0.15, 0.2) is 0 Å². The third kappa shape index (κ3) is 3.16. The van der Waals surface area contributed by atoms with Crippen LogP contribution >= 0.6 is 0 Å². The molecule has 0 aromatic rings. The van der Waals surface area contributed by atoms with Crippen LogP contribution in [0.15, 0.2) is 0 Å². The van der Waals surface area contributed by atoms with Gasteiger partial charge in [0.05, 0.1) is 25.4 Å². The van der Waals surface area contributed by atoms with E-state index in [9.17, 15) is 4.79 Å². The second-order valence-electron chi connectivity index (χ2n) is 3.87. The molecule has 0 unspecified atom stereocenters. The van der Waals surface area contributed by atoms with Gasteiger partial charge in [-0.1, -0.05) is 0 Å². The smallest absolute Gasteiger partial charge is 0.410 e. The van der Waals surface area contributed by atoms with Crippen LogP contribution in [0.5, 0.6) is 0 Å². The Hall–Kier alpha value is -0.810. The number of rotatable bonds is 2. The number of ether oxygens (including phenoxy) is 2. The third-order valence-corrected chi connectivity index (χ3v) is 2.00. The first kappa shape index (κ1) is 11.3. The Kier molecular flexibility index (Phi) is 3.71. The molecule has 0 aliphatic carbocycles. The van der Waals surface area contributed by atoms with E-state index < -0.39 is 0 Å². The first-order chi connectivity index (χ1) is 6.55. The minimum absolute atomic E-state index is 0.0522. The molecule has 0 spiro atoms. The maximum absolute atomic E-state index is 11.4. The zero-order valence-corrected chi connectivity index (χ0v) is 8.65. The molecule has 14 heavy (non-hydrogen) atoms. The molecule has 82 valence electrons. The molecule has 0 radical (unpaired) electrons. The highest BCUT2D eigenvalue weighted by atomic mass is 16.6. The lowest BCUT2D eigenvalue weighted by atomic mass is 10.1. The summed E-state index contributed by atoms with van der Waals surface area (Å²) in [6, 6.07) is 0. The summed E-state index contributed by atoms with van der Waals surface area (Å²) in [6.07, 6.45) is -0.379. The van der Waals surface area contributed by atoms with Crippen LogP contribution in [0.2, 0.25) is 0 Å². The number of hydrogen-bond donors (Lipinski definition) is 1. The van der Waals surface area contributed by atoms with Crippen molar-refractivity contribution in [3.63, 3.8) is 0 Å². The quantitative estimate of drug-likeness (QED) is 0.697. The van der Waals surface area contributed by atoms with Gasteiger partial charge in [0, 0.05) is 6.54 Å². The topological polar surface area (TPSA) is 59.0 Å². The molecule has 5 nitrogen and oxygen atoms in total. The average Bonchev–Trinajstić information content (AvgIpc) is 2.12. The van der Waals surface area contributed by atoms with Gasteiger partial charge in [-0.2, -0.15) is 0 Å². The summed E-state index contributed by atoms with van der Waals surface area (Å²) in [7, 11) is 0. The highest BCUT2D eigenvalue weighted by Gasteiger charge is 2.30. The molecule has 0 aromatic heterocycles. The standard InChI is InChI=1S/C9H17NO4/c1-9(2)7-10(3-5-14-9)8(12)13-6-4-11/h11H,3-7H2,1-2H3. The number of carbonyl (C=O) groups is 1. The van der Waals surface area contributed by atoms with Gasteiger partial charge in [0.25, 0.3) is 0 Å². The number of aliphatic hydroxyl groups excluding tert-OH is 1. The SMILES string of the molecule is CC1(C)CN(C(=O)OCCO)CCO1. The van der Waals surface area contributed by atoms with Crippen LogP contribution in [0, 0.1) is 0 Å². The van der Waals surface area contributed by atoms with Crippen molar-refractivity contribution in [2.24, 2.45) is 0 Å². The second kappa shape index (κ2) is 4.61. The van der Waals surface area contributed by atoms with Gasteiger partial charge in [-0.25, -0.2) is 4.79 Å². The largest absolute Gasteiger partial charge is 0.447 e. The van der Waals surface area contributed by atoms with E-state index in [1.54, 1.807) is 4.90 Å². The monoisotopic (exact) mass is 203 g/mol. The van der Waals surface area contributed by atoms with E-state index in [1.165, 1.54) is 0 Å². The summed E-state index contributed by atoms with van der Waals surface area (Å²) in [4.78, 5) is 13.0. The number of morpholine rings is 1. The summed E-state index contributed by atoms with van der Waals surface area (Å²) in [5.74, 6) is 0. The lowest BCUT2D eigenvalue weighted by Gasteiger charge is -2.37. The van der Waals surface area contributed by atoms with Crippen LogP contribution in [-0.2, 0) is 9.47 Å². The molecular weight excluding hydrogens is 186 g/mol. The number of hydrogen-bond acceptors (Lipinski definition) is 4. The molecule has 1 rings (SSSR count). The van der Waals surface area contributed by atoms with Gasteiger partial charge >= 0.3 is 6.09 Å². The molecule has 1 amide bonds. The van der Waals surface area contributed by atoms with Crippen molar-refractivity contribution in [3.05, 3.63) is 0 Å². The third-order valence-electron chi connectivity index (χ3n) is 2.00. The summed E-state index contributed by atoms with van der Waals surface area (Å²) in [6.45, 7) is 5.37. The van der Waals surface area contributed by atoms with Crippen LogP contribution in [-0.4, -0.2) is 54.6 Å². The maximum Gasteiger partial charge on any atom is 0.410 e. The lowest BCUT2D eigenvalue weighted by Crippen LogP contribution is -2.50. The number of nitrogens with zero attached hydrogens (tertiary/aromatic N) is 1. The van der Waals surface area contributed by atoms with Crippen molar-refractivity contribution in [1.29, 1.82) is 0 Å². The van der Waals surface area contributed by atoms with Gasteiger partial charge in [0.2, 0.25) is 0 Å². The van der Waals surface area contributed by atoms with Gasteiger partial charge in [-0.05, 0) is 13.8 Å². The fourth-order valence-corrected chi connectivity index (χ4v) is 1.40. The summed E-state index contributed by atoms with van der Waals surface area (Å²) in [5.41, 5.74) is -0.309. The molecule has 0 bridgehead atoms. The van der Waals surface area contributed by atoms with Crippen LogP contribution in [0.25, 0.3) is 0 Å². The lowest BCUT2D eigenvalue weighted by molar-refractivity contribution is -0.0816. The molecule has 1 aliphatic heterocycles. The van der Waals surface area contributed by atoms with Gasteiger partial charge < -0.3 is 19.5 Å². The highest BCUT2D eigenvalue weighted by molar-refractivity contribution is 5.67. The molecule has 5 heteroatoms. The van der Waals surface area contributed by atoms with E-state index in [0.717, 1.165) is 0 Å². The fourth-order valence-electron chi connectivity index (χ4n) is 1.40. The van der Waals surface area contributed by atoms with E-state index in [-0.39, 0.29) is 24.9 Å². The zero-order chi connectivity index (χ0) is 10.6. The Morgan fingerprint density at radius 1 is 1.64 bits per heavy atom. The van der Waals surface area contributed by atoms with Crippen LogP contribution in [0.1, 0.15) is 13.8 Å². The van der Waals surface area contributed by atoms with Crippen LogP contribution in [0.4, 0.5) is 4.79 Å². The highest BCUT2D eigenvalue weighted by Crippen LogP contribution is 2.16. The van der Waals surface area contributed by atoms with Gasteiger partial charge in [0.1, 0.15) is 6.61 Å². The number of amides is 1. The second-order valence-corrected chi connectivity index (χ2v) is 3.87. The number of carbonyl (C=O) groups excluding carboxylic acids is 1. The predicted molar refractivity (Wildman–Crippen MR) is 50.0 cm³/mol. The summed E-state index contributed by atoms with van der Waals surface area (Å²) < 4.78 is 10.3. The average molecular weight is 203 g/mol. The van der Waals surface area contributed by atoms with Crippen LogP contribution < -0.4 is 0 Å². The Morgan fingerprint density at radius 3 is 2.93 bits per heavy atom. The van der Waals surface area contributed by atoms with E-state index in [2.05, 4.69) is 0 Å². The Labute approximate surface area is 83.6 Å². The van der Waals surface area contributed by atoms with Crippen molar-refractivity contribution in [2.45, 2.75) is 19.4 Å². The molecule has 0 saturated carbocycles. The van der Waals surface area contributed by atoms with Crippen molar-refractivity contribution < 1.29 is 19.4 Å². The van der Waals surface area contributed by atoms with E-state index in [0.29, 0.717) is 19.7 Å². The molecule has 1 fully saturated rings. The van der Waals surface area contributed by atoms with Crippen molar-refractivity contribution >= 4 is 6.09 Å². The Bertz CT molecular complexity index is 205. The molecular formula is C9H17NO4. The van der Waals surface area contributed by atoms with Gasteiger partial charge in [-0.3, -0.25) is 0 Å². The van der Waals surface area contributed by atoms with Gasteiger partial charge in [-0.15, -0.1) is 0 Å². The van der Waals surface area contributed by atoms with Crippen molar-refractivity contribution in [1.82, 2.24) is 4.90 Å². The molecule has 1 heterocycles. The molecule has 1 N–H and O–H groups in total. The maximum atomic E-state index is 11.4. The minimum Gasteiger partial charge on any atom is -0.447 e. The molecule has 1 aliphatic rings. The first-order valence-corrected chi connectivity index (χ1v) is 4.72. The summed E-state index contributed by atoms with van der Waals surface area (Å²) in [5, 5.41) is 8.50. The Morgan fingerprint density at radius 2 is 2.36 bits per heavy atom. The first-order valence-electron chi connectivity index (χ1n) is 4.72. The van der Waals surface area contributed by atoms with Crippen LogP contribution in [0.3, 0.4) is 0 Å². The minimum atomic E-state index is -0.379. The van der Waals surface area contributed by atoms with E-state index >= 15 is 0 Å². The predicted octanol–water partition coefficient (Wildman–Crippen LogP) is 0.226. The summed E-state index contributed by atoms with van der Waals surface area (Å²) >= 11 is 0. The Balaban J connectivity index is 2.40. The molecule has 1 saturated heterocycles. The zero-order valence-electron chi connectivity index (χ0n) is 8.65.